The molecule has 0 aromatic carbocycles. The van der Waals surface area contributed by atoms with Crippen molar-refractivity contribution >= 4 is 17.9 Å². The SMILES string of the molecule is CCCCCCC/C=C\CCCCCCCC(=O)OCC(COC(=O)CCCCCCCCC/C=C\CCCCCCCCC)OC(=O)CCCCCCCCCCCCCCCCC. The molecule has 0 saturated heterocycles. The number of hydrogen-bond donors (Lipinski definition) is 0. The van der Waals surface area contributed by atoms with Crippen LogP contribution < -0.4 is 0 Å². The van der Waals surface area contributed by atoms with Gasteiger partial charge >= 0.3 is 17.9 Å². The number of unbranched alkanes of at least 4 members (excludes halogenated alkanes) is 38. The molecule has 0 aliphatic carbocycles. The summed E-state index contributed by atoms with van der Waals surface area (Å²) in [4.78, 5) is 38.1. The average Bonchev–Trinajstić information content (AvgIpc) is 3.30. The highest BCUT2D eigenvalue weighted by atomic mass is 16.6. The van der Waals surface area contributed by atoms with E-state index in [9.17, 15) is 14.4 Å². The molecule has 1 atom stereocenters. The van der Waals surface area contributed by atoms with Gasteiger partial charge in [-0.25, -0.2) is 0 Å². The van der Waals surface area contributed by atoms with E-state index < -0.39 is 6.10 Å². The van der Waals surface area contributed by atoms with Gasteiger partial charge in [0.2, 0.25) is 0 Å². The van der Waals surface area contributed by atoms with Crippen LogP contribution in [0.25, 0.3) is 0 Å². The van der Waals surface area contributed by atoms with Gasteiger partial charge in [0.1, 0.15) is 13.2 Å². The van der Waals surface area contributed by atoms with Crippen LogP contribution in [0.15, 0.2) is 24.3 Å². The zero-order chi connectivity index (χ0) is 47.2. The van der Waals surface area contributed by atoms with Gasteiger partial charge in [-0.05, 0) is 70.6 Å². The minimum absolute atomic E-state index is 0.0719. The van der Waals surface area contributed by atoms with E-state index in [1.54, 1.807) is 0 Å². The van der Waals surface area contributed by atoms with E-state index in [-0.39, 0.29) is 31.1 Å². The Bertz CT molecular complexity index is 1050. The fourth-order valence-corrected chi connectivity index (χ4v) is 8.55. The minimum atomic E-state index is -0.772. The molecule has 0 saturated carbocycles. The first-order valence-corrected chi connectivity index (χ1v) is 28.8. The van der Waals surface area contributed by atoms with Crippen LogP contribution in [-0.2, 0) is 28.6 Å². The first-order chi connectivity index (χ1) is 32.0. The fourth-order valence-electron chi connectivity index (χ4n) is 8.55. The molecule has 0 aromatic rings. The van der Waals surface area contributed by atoms with Crippen molar-refractivity contribution < 1.29 is 28.6 Å². The monoisotopic (exact) mass is 915 g/mol. The molecule has 6 heteroatoms. The smallest absolute Gasteiger partial charge is 0.306 e. The van der Waals surface area contributed by atoms with Crippen molar-refractivity contribution in [2.75, 3.05) is 13.2 Å². The number of ether oxygens (including phenoxy) is 3. The molecule has 1 unspecified atom stereocenters. The van der Waals surface area contributed by atoms with Crippen LogP contribution in [-0.4, -0.2) is 37.2 Å². The lowest BCUT2D eigenvalue weighted by molar-refractivity contribution is -0.167. The fraction of sp³-hybridized carbons (Fsp3) is 0.881. The summed E-state index contributed by atoms with van der Waals surface area (Å²) in [5.41, 5.74) is 0. The number of carbonyl (C=O) groups excluding carboxylic acids is 3. The minimum Gasteiger partial charge on any atom is -0.462 e. The Morgan fingerprint density at radius 1 is 0.292 bits per heavy atom. The van der Waals surface area contributed by atoms with E-state index in [0.29, 0.717) is 19.3 Å². The third-order valence-corrected chi connectivity index (χ3v) is 12.9. The average molecular weight is 916 g/mol. The topological polar surface area (TPSA) is 78.9 Å². The highest BCUT2D eigenvalue weighted by Gasteiger charge is 2.19. The summed E-state index contributed by atoms with van der Waals surface area (Å²) in [6.45, 7) is 6.66. The summed E-state index contributed by atoms with van der Waals surface area (Å²) in [5.74, 6) is -0.865. The molecule has 0 aliphatic rings. The van der Waals surface area contributed by atoms with Gasteiger partial charge in [-0.1, -0.05) is 251 Å². The van der Waals surface area contributed by atoms with Crippen LogP contribution >= 0.6 is 0 Å². The van der Waals surface area contributed by atoms with Crippen molar-refractivity contribution in [3.8, 4) is 0 Å². The number of rotatable bonds is 53. The maximum atomic E-state index is 12.8. The molecule has 0 N–H and O–H groups in total. The van der Waals surface area contributed by atoms with E-state index >= 15 is 0 Å². The molecule has 0 radical (unpaired) electrons. The molecule has 0 aromatic heterocycles. The Morgan fingerprint density at radius 3 is 0.769 bits per heavy atom. The van der Waals surface area contributed by atoms with Gasteiger partial charge in [-0.15, -0.1) is 0 Å². The van der Waals surface area contributed by atoms with E-state index in [4.69, 9.17) is 14.2 Å². The van der Waals surface area contributed by atoms with E-state index in [2.05, 4.69) is 45.1 Å². The Labute approximate surface area is 404 Å². The van der Waals surface area contributed by atoms with Gasteiger partial charge in [0.15, 0.2) is 6.10 Å². The highest BCUT2D eigenvalue weighted by molar-refractivity contribution is 5.71. The van der Waals surface area contributed by atoms with Crippen molar-refractivity contribution in [1.29, 1.82) is 0 Å². The van der Waals surface area contributed by atoms with Gasteiger partial charge < -0.3 is 14.2 Å². The maximum absolute atomic E-state index is 12.8. The Hall–Kier alpha value is -2.11. The number of esters is 3. The molecule has 0 fully saturated rings. The predicted octanol–water partition coefficient (Wildman–Crippen LogP) is 19.1. The molecule has 0 aliphatic heterocycles. The lowest BCUT2D eigenvalue weighted by Gasteiger charge is -2.18. The van der Waals surface area contributed by atoms with E-state index in [1.807, 2.05) is 0 Å². The first-order valence-electron chi connectivity index (χ1n) is 28.8. The summed E-state index contributed by atoms with van der Waals surface area (Å²) < 4.78 is 16.9. The Kier molecular flexibility index (Phi) is 52.7. The molecule has 382 valence electrons. The second-order valence-corrected chi connectivity index (χ2v) is 19.6. The van der Waals surface area contributed by atoms with Gasteiger partial charge in [0.05, 0.1) is 0 Å². The van der Waals surface area contributed by atoms with Gasteiger partial charge in [0, 0.05) is 19.3 Å². The highest BCUT2D eigenvalue weighted by Crippen LogP contribution is 2.16. The maximum Gasteiger partial charge on any atom is 0.306 e. The summed E-state index contributed by atoms with van der Waals surface area (Å²) >= 11 is 0. The molecular formula is C59H110O6. The summed E-state index contributed by atoms with van der Waals surface area (Å²) in [5, 5.41) is 0. The Balaban J connectivity index is 4.33. The van der Waals surface area contributed by atoms with Crippen LogP contribution in [0.2, 0.25) is 0 Å². The van der Waals surface area contributed by atoms with Crippen molar-refractivity contribution in [2.45, 2.75) is 322 Å². The van der Waals surface area contributed by atoms with Crippen LogP contribution in [0.5, 0.6) is 0 Å². The summed E-state index contributed by atoms with van der Waals surface area (Å²) in [6, 6.07) is 0. The van der Waals surface area contributed by atoms with E-state index in [1.165, 1.54) is 212 Å². The lowest BCUT2D eigenvalue weighted by atomic mass is 10.0. The quantitative estimate of drug-likeness (QED) is 0.0262. The van der Waals surface area contributed by atoms with Gasteiger partial charge in [-0.2, -0.15) is 0 Å². The second kappa shape index (κ2) is 54.5. The van der Waals surface area contributed by atoms with Crippen LogP contribution in [0.1, 0.15) is 316 Å². The van der Waals surface area contributed by atoms with Gasteiger partial charge in [-0.3, -0.25) is 14.4 Å². The van der Waals surface area contributed by atoms with E-state index in [0.717, 1.165) is 64.2 Å². The normalized spacial score (nSPS) is 12.1. The first kappa shape index (κ1) is 62.9. The van der Waals surface area contributed by atoms with Gasteiger partial charge in [0.25, 0.3) is 0 Å². The third kappa shape index (κ3) is 52.7. The van der Waals surface area contributed by atoms with Crippen LogP contribution in [0.4, 0.5) is 0 Å². The zero-order valence-electron chi connectivity index (χ0n) is 43.8. The molecular weight excluding hydrogens is 805 g/mol. The van der Waals surface area contributed by atoms with Crippen molar-refractivity contribution in [2.24, 2.45) is 0 Å². The lowest BCUT2D eigenvalue weighted by Crippen LogP contribution is -2.30. The van der Waals surface area contributed by atoms with Crippen molar-refractivity contribution in [3.63, 3.8) is 0 Å². The number of allylic oxidation sites excluding steroid dienone is 4. The zero-order valence-corrected chi connectivity index (χ0v) is 43.8. The summed E-state index contributed by atoms with van der Waals surface area (Å²) in [7, 11) is 0. The van der Waals surface area contributed by atoms with Crippen molar-refractivity contribution in [3.05, 3.63) is 24.3 Å². The molecule has 6 nitrogen and oxygen atoms in total. The third-order valence-electron chi connectivity index (χ3n) is 12.9. The van der Waals surface area contributed by atoms with Crippen molar-refractivity contribution in [1.82, 2.24) is 0 Å². The molecule has 65 heavy (non-hydrogen) atoms. The van der Waals surface area contributed by atoms with Crippen LogP contribution in [0.3, 0.4) is 0 Å². The number of hydrogen-bond acceptors (Lipinski definition) is 6. The largest absolute Gasteiger partial charge is 0.462 e. The summed E-state index contributed by atoms with van der Waals surface area (Å²) in [6.07, 6.45) is 63.1. The standard InChI is InChI=1S/C59H110O6/c1-4-7-10-13-16-19-22-25-28-29-30-32-34-37-40-43-46-49-52-58(61)64-55-56(54-63-57(60)51-48-45-42-39-36-33-27-24-21-18-15-12-9-6-3)65-59(62)53-50-47-44-41-38-35-31-26-23-20-17-14-11-8-5-2/h24,27-29,56H,4-23,25-26,30-55H2,1-3H3/b27-24-,29-28-. The molecule has 0 heterocycles. The molecule has 0 bridgehead atoms. The van der Waals surface area contributed by atoms with Crippen LogP contribution in [0, 0.1) is 0 Å². The molecule has 0 rings (SSSR count). The molecule has 0 amide bonds. The second-order valence-electron chi connectivity index (χ2n) is 19.6. The predicted molar refractivity (Wildman–Crippen MR) is 279 cm³/mol. The number of carbonyl (C=O) groups is 3. The Morgan fingerprint density at radius 2 is 0.508 bits per heavy atom. The molecule has 0 spiro atoms.